The summed E-state index contributed by atoms with van der Waals surface area (Å²) in [5, 5.41) is 5.58. The Morgan fingerprint density at radius 3 is 2.30 bits per heavy atom. The molecule has 0 saturated heterocycles. The fourth-order valence-corrected chi connectivity index (χ4v) is 5.07. The van der Waals surface area contributed by atoms with Gasteiger partial charge in [0.1, 0.15) is 0 Å². The smallest absolute Gasteiger partial charge is 0.308 e. The Morgan fingerprint density at radius 2 is 1.57 bits per heavy atom. The lowest BCUT2D eigenvalue weighted by Crippen LogP contribution is -2.35. The van der Waals surface area contributed by atoms with Gasteiger partial charge >= 0.3 is 6.03 Å². The normalized spacial score (nSPS) is 13.4. The summed E-state index contributed by atoms with van der Waals surface area (Å²) >= 11 is 0. The maximum atomic E-state index is 13.2. The number of hydrogen-bond acceptors (Lipinski definition) is 3. The molecule has 2 amide bonds. The first-order chi connectivity index (χ1) is 14.4. The predicted octanol–water partition coefficient (Wildman–Crippen LogP) is 4.78. The lowest BCUT2D eigenvalue weighted by Gasteiger charge is -2.31. The van der Waals surface area contributed by atoms with E-state index in [0.717, 1.165) is 24.0 Å². The van der Waals surface area contributed by atoms with E-state index in [-0.39, 0.29) is 10.9 Å². The van der Waals surface area contributed by atoms with E-state index >= 15 is 0 Å². The Morgan fingerprint density at radius 1 is 0.900 bits per heavy atom. The Kier molecular flexibility index (Phi) is 5.46. The van der Waals surface area contributed by atoms with Gasteiger partial charge in [-0.05, 0) is 61.7 Å². The molecule has 7 heteroatoms. The molecule has 1 aliphatic rings. The van der Waals surface area contributed by atoms with Crippen LogP contribution >= 0.6 is 0 Å². The highest BCUT2D eigenvalue weighted by atomic mass is 32.2. The number of carbonyl (C=O) groups is 1. The van der Waals surface area contributed by atoms with Gasteiger partial charge in [0.25, 0.3) is 10.0 Å². The zero-order chi connectivity index (χ0) is 21.1. The summed E-state index contributed by atoms with van der Waals surface area (Å²) in [5.41, 5.74) is 3.89. The van der Waals surface area contributed by atoms with Crippen molar-refractivity contribution in [2.75, 3.05) is 21.5 Å². The van der Waals surface area contributed by atoms with Gasteiger partial charge in [0.15, 0.2) is 0 Å². The van der Waals surface area contributed by atoms with Crippen LogP contribution in [0.5, 0.6) is 0 Å². The van der Waals surface area contributed by atoms with E-state index < -0.39 is 10.0 Å². The summed E-state index contributed by atoms with van der Waals surface area (Å²) in [6, 6.07) is 20.9. The quantitative estimate of drug-likeness (QED) is 0.636. The number of aryl methyl sites for hydroxylation is 2. The van der Waals surface area contributed by atoms with Gasteiger partial charge in [-0.2, -0.15) is 0 Å². The van der Waals surface area contributed by atoms with E-state index in [4.69, 9.17) is 0 Å². The van der Waals surface area contributed by atoms with E-state index in [1.54, 1.807) is 42.5 Å². The van der Waals surface area contributed by atoms with Crippen LogP contribution in [0.3, 0.4) is 0 Å². The van der Waals surface area contributed by atoms with Crippen LogP contribution in [0.2, 0.25) is 0 Å². The molecule has 1 heterocycles. The average Bonchev–Trinajstić information content (AvgIpc) is 2.75. The molecule has 2 N–H and O–H groups in total. The van der Waals surface area contributed by atoms with Crippen molar-refractivity contribution in [2.24, 2.45) is 0 Å². The van der Waals surface area contributed by atoms with Gasteiger partial charge in [-0.25, -0.2) is 13.2 Å². The molecule has 154 valence electrons. The lowest BCUT2D eigenvalue weighted by atomic mass is 10.0. The molecular formula is C23H23N3O3S. The molecule has 3 aromatic carbocycles. The molecule has 6 nitrogen and oxygen atoms in total. The van der Waals surface area contributed by atoms with Crippen LogP contribution in [0.1, 0.15) is 17.5 Å². The minimum atomic E-state index is -3.67. The first-order valence-electron chi connectivity index (χ1n) is 9.79. The number of hydrogen-bond donors (Lipinski definition) is 2. The molecule has 0 saturated carbocycles. The second-order valence-corrected chi connectivity index (χ2v) is 9.14. The minimum Gasteiger partial charge on any atom is -0.308 e. The van der Waals surface area contributed by atoms with E-state index in [1.807, 2.05) is 37.3 Å². The number of carbonyl (C=O) groups excluding carboxylic acids is 1. The van der Waals surface area contributed by atoms with Gasteiger partial charge in [0.2, 0.25) is 0 Å². The molecule has 3 aromatic rings. The van der Waals surface area contributed by atoms with Crippen molar-refractivity contribution in [1.82, 2.24) is 0 Å². The van der Waals surface area contributed by atoms with Crippen molar-refractivity contribution in [3.63, 3.8) is 0 Å². The van der Waals surface area contributed by atoms with Crippen molar-refractivity contribution < 1.29 is 13.2 Å². The second kappa shape index (κ2) is 8.20. The van der Waals surface area contributed by atoms with Crippen LogP contribution < -0.4 is 14.9 Å². The van der Waals surface area contributed by atoms with Crippen LogP contribution in [0.15, 0.2) is 77.7 Å². The largest absolute Gasteiger partial charge is 0.323 e. The minimum absolute atomic E-state index is 0.258. The Labute approximate surface area is 176 Å². The van der Waals surface area contributed by atoms with Crippen molar-refractivity contribution in [2.45, 2.75) is 24.7 Å². The monoisotopic (exact) mass is 421 g/mol. The first-order valence-corrected chi connectivity index (χ1v) is 11.2. The van der Waals surface area contributed by atoms with Gasteiger partial charge < -0.3 is 10.6 Å². The van der Waals surface area contributed by atoms with E-state index in [9.17, 15) is 13.2 Å². The Hall–Kier alpha value is -3.32. The average molecular weight is 422 g/mol. The number of fused-ring (bicyclic) bond motifs is 1. The van der Waals surface area contributed by atoms with Crippen LogP contribution in [-0.2, 0) is 16.4 Å². The highest BCUT2D eigenvalue weighted by molar-refractivity contribution is 7.92. The third kappa shape index (κ3) is 4.16. The van der Waals surface area contributed by atoms with Crippen molar-refractivity contribution >= 4 is 33.1 Å². The van der Waals surface area contributed by atoms with Crippen LogP contribution in [0.25, 0.3) is 0 Å². The van der Waals surface area contributed by atoms with E-state index in [0.29, 0.717) is 23.6 Å². The standard InChI is InChI=1S/C23H23N3O3S/c1-17-9-12-19(13-10-17)24-23(27)25-20-14-11-18-6-5-15-26(22(18)16-20)30(28,29)21-7-3-2-4-8-21/h2-4,7-14,16H,5-6,15H2,1H3,(H2,24,25,27). The second-order valence-electron chi connectivity index (χ2n) is 7.28. The van der Waals surface area contributed by atoms with Crippen LogP contribution in [0.4, 0.5) is 21.9 Å². The lowest BCUT2D eigenvalue weighted by molar-refractivity contribution is 0.262. The number of sulfonamides is 1. The number of anilines is 3. The van der Waals surface area contributed by atoms with Crippen molar-refractivity contribution in [3.05, 3.63) is 83.9 Å². The number of amides is 2. The highest BCUT2D eigenvalue weighted by Gasteiger charge is 2.29. The predicted molar refractivity (Wildman–Crippen MR) is 120 cm³/mol. The number of nitrogens with one attached hydrogen (secondary N) is 2. The summed E-state index contributed by atoms with van der Waals surface area (Å²) in [7, 11) is -3.67. The zero-order valence-electron chi connectivity index (χ0n) is 16.6. The molecule has 30 heavy (non-hydrogen) atoms. The fraction of sp³-hybridized carbons (Fsp3) is 0.174. The molecule has 0 radical (unpaired) electrons. The first kappa shape index (κ1) is 20.0. The van der Waals surface area contributed by atoms with E-state index in [2.05, 4.69) is 10.6 Å². The van der Waals surface area contributed by atoms with Gasteiger partial charge in [0, 0.05) is 17.9 Å². The highest BCUT2D eigenvalue weighted by Crippen LogP contribution is 2.34. The number of nitrogens with zero attached hydrogens (tertiary/aromatic N) is 1. The third-order valence-corrected chi connectivity index (χ3v) is 6.89. The molecule has 0 unspecified atom stereocenters. The molecule has 0 fully saturated rings. The molecule has 0 atom stereocenters. The SMILES string of the molecule is Cc1ccc(NC(=O)Nc2ccc3c(c2)N(S(=O)(=O)c2ccccc2)CCC3)cc1. The van der Waals surface area contributed by atoms with Gasteiger partial charge in [-0.3, -0.25) is 4.31 Å². The van der Waals surface area contributed by atoms with Gasteiger partial charge in [-0.15, -0.1) is 0 Å². The zero-order valence-corrected chi connectivity index (χ0v) is 17.4. The molecule has 0 bridgehead atoms. The van der Waals surface area contributed by atoms with Crippen LogP contribution in [-0.4, -0.2) is 21.0 Å². The molecule has 4 rings (SSSR count). The third-order valence-electron chi connectivity index (χ3n) is 5.06. The van der Waals surface area contributed by atoms with Crippen molar-refractivity contribution in [3.8, 4) is 0 Å². The van der Waals surface area contributed by atoms with Gasteiger partial charge in [0.05, 0.1) is 10.6 Å². The van der Waals surface area contributed by atoms with E-state index in [1.165, 1.54) is 4.31 Å². The van der Waals surface area contributed by atoms with Gasteiger partial charge in [-0.1, -0.05) is 42.0 Å². The van der Waals surface area contributed by atoms with Crippen LogP contribution in [0, 0.1) is 6.92 Å². The summed E-state index contributed by atoms with van der Waals surface area (Å²) < 4.78 is 27.8. The molecular weight excluding hydrogens is 398 g/mol. The maximum absolute atomic E-state index is 13.2. The molecule has 0 spiro atoms. The number of rotatable bonds is 4. The fourth-order valence-electron chi connectivity index (χ4n) is 3.52. The molecule has 1 aliphatic heterocycles. The summed E-state index contributed by atoms with van der Waals surface area (Å²) in [4.78, 5) is 12.6. The molecule has 0 aromatic heterocycles. The summed E-state index contributed by atoms with van der Waals surface area (Å²) in [5.74, 6) is 0. The summed E-state index contributed by atoms with van der Waals surface area (Å²) in [6.07, 6.45) is 1.55. The number of benzene rings is 3. The maximum Gasteiger partial charge on any atom is 0.323 e. The van der Waals surface area contributed by atoms with Crippen molar-refractivity contribution in [1.29, 1.82) is 0 Å². The Bertz CT molecular complexity index is 1160. The Balaban J connectivity index is 1.58. The topological polar surface area (TPSA) is 78.5 Å². The summed E-state index contributed by atoms with van der Waals surface area (Å²) in [6.45, 7) is 2.38. The molecule has 0 aliphatic carbocycles. The number of urea groups is 1.